The van der Waals surface area contributed by atoms with Gasteiger partial charge in [0.05, 0.1) is 11.2 Å². The molecule has 1 aliphatic rings. The van der Waals surface area contributed by atoms with Gasteiger partial charge in [-0.2, -0.15) is 0 Å². The van der Waals surface area contributed by atoms with Crippen LogP contribution in [0.3, 0.4) is 0 Å². The van der Waals surface area contributed by atoms with Crippen molar-refractivity contribution in [1.82, 2.24) is 0 Å². The molecule has 0 N–H and O–H groups in total. The van der Waals surface area contributed by atoms with Gasteiger partial charge in [0, 0.05) is 29.6 Å². The fourth-order valence-electron chi connectivity index (χ4n) is 4.36. The molecule has 31 heavy (non-hydrogen) atoms. The summed E-state index contributed by atoms with van der Waals surface area (Å²) >= 11 is 0. The average molecular weight is 413 g/mol. The second-order valence-electron chi connectivity index (χ2n) is 8.69. The lowest BCUT2D eigenvalue weighted by Crippen LogP contribution is -2.45. The van der Waals surface area contributed by atoms with E-state index in [9.17, 15) is 0 Å². The molecule has 0 aliphatic carbocycles. The zero-order valence-electron chi connectivity index (χ0n) is 18.7. The number of halogens is 1. The van der Waals surface area contributed by atoms with E-state index < -0.39 is 0 Å². The monoisotopic (exact) mass is 412 g/mol. The molecule has 0 saturated heterocycles. The first-order valence-corrected chi connectivity index (χ1v) is 10.9. The van der Waals surface area contributed by atoms with E-state index in [1.165, 1.54) is 11.1 Å². The highest BCUT2D eigenvalue weighted by Gasteiger charge is 2.31. The molecule has 158 valence electrons. The van der Waals surface area contributed by atoms with Gasteiger partial charge in [-0.05, 0) is 68.2 Å². The summed E-state index contributed by atoms with van der Waals surface area (Å²) in [6, 6.07) is 21.8. The number of rotatable bonds is 5. The summed E-state index contributed by atoms with van der Waals surface area (Å²) in [5, 5.41) is 0. The maximum absolute atomic E-state index is 15.0. The van der Waals surface area contributed by atoms with Crippen LogP contribution in [0.2, 0.25) is 0 Å². The third-order valence-electron chi connectivity index (χ3n) is 5.87. The van der Waals surface area contributed by atoms with Crippen LogP contribution in [0.1, 0.15) is 45.2 Å². The molecular weight excluding hydrogens is 383 g/mol. The maximum Gasteiger partial charge on any atom is 0.134 e. The largest absolute Gasteiger partial charge is 0.362 e. The van der Waals surface area contributed by atoms with Crippen LogP contribution in [0.5, 0.6) is 0 Å². The Bertz CT molecular complexity index is 1130. The van der Waals surface area contributed by atoms with Gasteiger partial charge in [0.1, 0.15) is 5.82 Å². The summed E-state index contributed by atoms with van der Waals surface area (Å²) in [4.78, 5) is 6.83. The lowest BCUT2D eigenvalue weighted by molar-refractivity contribution is 0.546. The highest BCUT2D eigenvalue weighted by molar-refractivity contribution is 5.89. The van der Waals surface area contributed by atoms with Crippen LogP contribution in [-0.2, 0) is 0 Å². The highest BCUT2D eigenvalue weighted by atomic mass is 19.1. The molecule has 3 aromatic carbocycles. The van der Waals surface area contributed by atoms with Crippen molar-refractivity contribution >= 4 is 23.2 Å². The first kappa shape index (κ1) is 21.0. The Balaban J connectivity index is 1.63. The molecule has 0 radical (unpaired) electrons. The first-order valence-electron chi connectivity index (χ1n) is 10.9. The molecule has 0 bridgehead atoms. The Labute approximate surface area is 184 Å². The lowest BCUT2D eigenvalue weighted by Gasteiger charge is -2.43. The number of fused-ring (bicyclic) bond motifs is 1. The van der Waals surface area contributed by atoms with Gasteiger partial charge in [0.25, 0.3) is 0 Å². The maximum atomic E-state index is 15.0. The van der Waals surface area contributed by atoms with Crippen molar-refractivity contribution in [1.29, 1.82) is 0 Å². The second-order valence-corrected chi connectivity index (χ2v) is 8.69. The van der Waals surface area contributed by atoms with Gasteiger partial charge in [-0.1, -0.05) is 55.5 Å². The smallest absolute Gasteiger partial charge is 0.134 e. The normalized spacial score (nSPS) is 15.1. The van der Waals surface area contributed by atoms with Crippen LogP contribution in [0.15, 0.2) is 77.8 Å². The van der Waals surface area contributed by atoms with Crippen molar-refractivity contribution in [3.05, 3.63) is 89.8 Å². The molecule has 3 heteroatoms. The molecule has 4 rings (SSSR count). The average Bonchev–Trinajstić information content (AvgIpc) is 2.76. The van der Waals surface area contributed by atoms with Crippen molar-refractivity contribution in [2.24, 2.45) is 4.99 Å². The zero-order chi connectivity index (χ0) is 22.0. The number of hydrogen-bond donors (Lipinski definition) is 0. The standard InChI is InChI=1S/C28H29FN2/c1-5-15-31-27-17-26(29)23(16-25(27)20(2)18-28(31,3)4)19-30-24-13-11-22(12-14-24)21-9-7-6-8-10-21/h6-14,16-19H,5,15H2,1-4H3. The highest BCUT2D eigenvalue weighted by Crippen LogP contribution is 2.40. The Morgan fingerprint density at radius 3 is 2.32 bits per heavy atom. The Hall–Kier alpha value is -3.20. The molecule has 2 nitrogen and oxygen atoms in total. The van der Waals surface area contributed by atoms with Crippen LogP contribution < -0.4 is 4.90 Å². The summed E-state index contributed by atoms with van der Waals surface area (Å²) in [5.74, 6) is -0.241. The van der Waals surface area contributed by atoms with Gasteiger partial charge >= 0.3 is 0 Å². The van der Waals surface area contributed by atoms with E-state index >= 15 is 4.39 Å². The summed E-state index contributed by atoms with van der Waals surface area (Å²) in [7, 11) is 0. The minimum Gasteiger partial charge on any atom is -0.362 e. The number of allylic oxidation sites excluding steroid dienone is 1. The van der Waals surface area contributed by atoms with E-state index in [0.717, 1.165) is 35.5 Å². The Kier molecular flexibility index (Phi) is 5.77. The van der Waals surface area contributed by atoms with Crippen molar-refractivity contribution in [2.45, 2.75) is 39.7 Å². The van der Waals surface area contributed by atoms with E-state index in [1.54, 1.807) is 12.3 Å². The molecular formula is C28H29FN2. The molecule has 0 aromatic heterocycles. The summed E-state index contributed by atoms with van der Waals surface area (Å²) in [6.07, 6.45) is 4.91. The van der Waals surface area contributed by atoms with Gasteiger partial charge in [-0.3, -0.25) is 4.99 Å². The predicted molar refractivity (Wildman–Crippen MR) is 131 cm³/mol. The number of anilines is 1. The van der Waals surface area contributed by atoms with E-state index in [1.807, 2.05) is 48.5 Å². The molecule has 1 aliphatic heterocycles. The van der Waals surface area contributed by atoms with E-state index in [2.05, 4.69) is 55.8 Å². The van der Waals surface area contributed by atoms with Crippen LogP contribution in [0.25, 0.3) is 16.7 Å². The van der Waals surface area contributed by atoms with Crippen molar-refractivity contribution in [2.75, 3.05) is 11.4 Å². The van der Waals surface area contributed by atoms with Crippen LogP contribution in [0.4, 0.5) is 15.8 Å². The van der Waals surface area contributed by atoms with Gasteiger partial charge < -0.3 is 4.90 Å². The number of hydrogen-bond acceptors (Lipinski definition) is 2. The SMILES string of the molecule is CCCN1c2cc(F)c(C=Nc3ccc(-c4ccccc4)cc3)cc2C(C)=CC1(C)C. The fraction of sp³-hybridized carbons (Fsp3) is 0.250. The summed E-state index contributed by atoms with van der Waals surface area (Å²) in [5.41, 5.74) is 6.71. The summed E-state index contributed by atoms with van der Waals surface area (Å²) in [6.45, 7) is 9.51. The van der Waals surface area contributed by atoms with E-state index in [0.29, 0.717) is 5.56 Å². The minimum atomic E-state index is -0.241. The second kappa shape index (κ2) is 8.50. The first-order chi connectivity index (χ1) is 14.9. The quantitative estimate of drug-likeness (QED) is 0.393. The van der Waals surface area contributed by atoms with Gasteiger partial charge in [-0.15, -0.1) is 0 Å². The summed E-state index contributed by atoms with van der Waals surface area (Å²) < 4.78 is 15.0. The third-order valence-corrected chi connectivity index (χ3v) is 5.87. The Morgan fingerprint density at radius 2 is 1.65 bits per heavy atom. The minimum absolute atomic E-state index is 0.129. The van der Waals surface area contributed by atoms with Crippen LogP contribution >= 0.6 is 0 Å². The molecule has 0 atom stereocenters. The van der Waals surface area contributed by atoms with Gasteiger partial charge in [-0.25, -0.2) is 4.39 Å². The fourth-order valence-corrected chi connectivity index (χ4v) is 4.36. The number of aliphatic imine (C=N–C) groups is 1. The topological polar surface area (TPSA) is 15.6 Å². The van der Waals surface area contributed by atoms with E-state index in [4.69, 9.17) is 0 Å². The van der Waals surface area contributed by atoms with Crippen LogP contribution in [0, 0.1) is 5.82 Å². The van der Waals surface area contributed by atoms with Crippen molar-refractivity contribution in [3.63, 3.8) is 0 Å². The Morgan fingerprint density at radius 1 is 0.968 bits per heavy atom. The molecule has 0 amide bonds. The zero-order valence-corrected chi connectivity index (χ0v) is 18.7. The molecule has 0 spiro atoms. The number of nitrogens with zero attached hydrogens (tertiary/aromatic N) is 2. The molecule has 0 unspecified atom stereocenters. The van der Waals surface area contributed by atoms with Gasteiger partial charge in [0.2, 0.25) is 0 Å². The number of benzene rings is 3. The van der Waals surface area contributed by atoms with E-state index in [-0.39, 0.29) is 11.4 Å². The molecule has 1 heterocycles. The molecule has 0 fully saturated rings. The van der Waals surface area contributed by atoms with Gasteiger partial charge in [0.15, 0.2) is 0 Å². The van der Waals surface area contributed by atoms with Crippen molar-refractivity contribution in [3.8, 4) is 11.1 Å². The molecule has 0 saturated carbocycles. The van der Waals surface area contributed by atoms with Crippen molar-refractivity contribution < 1.29 is 4.39 Å². The lowest BCUT2D eigenvalue weighted by atomic mass is 9.87. The third kappa shape index (κ3) is 4.32. The predicted octanol–water partition coefficient (Wildman–Crippen LogP) is 7.66. The molecule has 3 aromatic rings. The van der Waals surface area contributed by atoms with Crippen LogP contribution in [-0.4, -0.2) is 18.3 Å².